The van der Waals surface area contributed by atoms with Crippen molar-refractivity contribution in [2.45, 2.75) is 45.1 Å². The number of aryl methyl sites for hydroxylation is 1. The van der Waals surface area contributed by atoms with Gasteiger partial charge in [0.25, 0.3) is 0 Å². The summed E-state index contributed by atoms with van der Waals surface area (Å²) >= 11 is 1.31. The second-order valence-electron chi connectivity index (χ2n) is 7.17. The fraction of sp³-hybridized carbons (Fsp3) is 0.318. The number of carbonyl (C=O) groups is 1. The van der Waals surface area contributed by atoms with Crippen LogP contribution in [0.2, 0.25) is 0 Å². The van der Waals surface area contributed by atoms with Gasteiger partial charge >= 0.3 is 0 Å². The highest BCUT2D eigenvalue weighted by molar-refractivity contribution is 7.20. The topological polar surface area (TPSA) is 64.1 Å². The molecule has 0 atom stereocenters. The van der Waals surface area contributed by atoms with Crippen LogP contribution in [-0.2, 0) is 0 Å². The Hall–Kier alpha value is -2.80. The summed E-state index contributed by atoms with van der Waals surface area (Å²) in [6.07, 6.45) is 8.27. The van der Waals surface area contributed by atoms with E-state index in [-0.39, 0.29) is 17.7 Å². The first kappa shape index (κ1) is 19.5. The molecule has 1 N–H and O–H groups in total. The molecule has 2 aromatic heterocycles. The van der Waals surface area contributed by atoms with Gasteiger partial charge in [-0.2, -0.15) is 0 Å². The van der Waals surface area contributed by atoms with Crippen LogP contribution in [0.25, 0.3) is 10.2 Å². The maximum Gasteiger partial charge on any atom is 0.195 e. The molecule has 7 heteroatoms. The lowest BCUT2D eigenvalue weighted by Crippen LogP contribution is -2.20. The molecule has 0 aliphatic heterocycles. The number of nitrogens with one attached hydrogen (secondary N) is 1. The number of hydrogen-bond donors (Lipinski definition) is 1. The molecular weight excluding hydrogens is 389 g/mol. The summed E-state index contributed by atoms with van der Waals surface area (Å²) in [6, 6.07) is 4.45. The normalized spacial score (nSPS) is 14.7. The standard InChI is InChI=1S/C22H22FN3O2S/c1-3-17(27)20-13(2)19-21(24-12-25-22(19)29-20)26-16-10-9-14(23)11-18(16)28-15-7-5-4-6-8-15/h3,9-12,15H,1,4-8H2,2H3,(H,24,25,26). The largest absolute Gasteiger partial charge is 0.488 e. The summed E-state index contributed by atoms with van der Waals surface area (Å²) < 4.78 is 20.0. The minimum absolute atomic E-state index is 0.0937. The molecule has 1 aliphatic carbocycles. The second-order valence-corrected chi connectivity index (χ2v) is 8.17. The lowest BCUT2D eigenvalue weighted by molar-refractivity contribution is 0.105. The van der Waals surface area contributed by atoms with E-state index in [2.05, 4.69) is 21.9 Å². The molecular formula is C22H22FN3O2S. The zero-order valence-electron chi connectivity index (χ0n) is 16.2. The summed E-state index contributed by atoms with van der Waals surface area (Å²) in [4.78, 5) is 22.1. The molecule has 3 aromatic rings. The summed E-state index contributed by atoms with van der Waals surface area (Å²) in [5.74, 6) is 0.547. The van der Waals surface area contributed by atoms with Crippen LogP contribution in [0.3, 0.4) is 0 Å². The predicted octanol–water partition coefficient (Wildman–Crippen LogP) is 5.96. The number of aromatic nitrogens is 2. The van der Waals surface area contributed by atoms with Gasteiger partial charge in [-0.1, -0.05) is 13.0 Å². The number of allylic oxidation sites excluding steroid dienone is 1. The fourth-order valence-electron chi connectivity index (χ4n) is 3.68. The van der Waals surface area contributed by atoms with Gasteiger partial charge in [-0.3, -0.25) is 4.79 Å². The van der Waals surface area contributed by atoms with Crippen LogP contribution in [0.1, 0.15) is 47.3 Å². The molecule has 1 fully saturated rings. The van der Waals surface area contributed by atoms with Gasteiger partial charge < -0.3 is 10.1 Å². The van der Waals surface area contributed by atoms with Crippen LogP contribution in [0, 0.1) is 12.7 Å². The Morgan fingerprint density at radius 1 is 1.31 bits per heavy atom. The molecule has 1 aliphatic rings. The average Bonchev–Trinajstić information content (AvgIpc) is 3.08. The van der Waals surface area contributed by atoms with E-state index in [1.54, 1.807) is 6.07 Å². The van der Waals surface area contributed by atoms with Crippen LogP contribution in [0.15, 0.2) is 37.2 Å². The smallest absolute Gasteiger partial charge is 0.195 e. The van der Waals surface area contributed by atoms with Crippen molar-refractivity contribution in [3.8, 4) is 5.75 Å². The first-order chi connectivity index (χ1) is 14.1. The van der Waals surface area contributed by atoms with E-state index < -0.39 is 0 Å². The van der Waals surface area contributed by atoms with E-state index in [1.807, 2.05) is 6.92 Å². The van der Waals surface area contributed by atoms with E-state index >= 15 is 0 Å². The van der Waals surface area contributed by atoms with E-state index in [4.69, 9.17) is 4.74 Å². The van der Waals surface area contributed by atoms with E-state index in [0.29, 0.717) is 27.0 Å². The number of hydrogen-bond acceptors (Lipinski definition) is 6. The zero-order chi connectivity index (χ0) is 20.4. The first-order valence-corrected chi connectivity index (χ1v) is 10.5. The van der Waals surface area contributed by atoms with Crippen LogP contribution < -0.4 is 10.1 Å². The van der Waals surface area contributed by atoms with E-state index in [9.17, 15) is 9.18 Å². The number of carbonyl (C=O) groups excluding carboxylic acids is 1. The Morgan fingerprint density at radius 3 is 2.86 bits per heavy atom. The summed E-state index contributed by atoms with van der Waals surface area (Å²) in [5.41, 5.74) is 1.44. The summed E-state index contributed by atoms with van der Waals surface area (Å²) in [5, 5.41) is 4.04. The maximum atomic E-state index is 13.9. The van der Waals surface area contributed by atoms with Gasteiger partial charge in [0, 0.05) is 6.07 Å². The summed E-state index contributed by atoms with van der Waals surface area (Å²) in [6.45, 7) is 5.44. The number of ether oxygens (including phenoxy) is 1. The fourth-order valence-corrected chi connectivity index (χ4v) is 4.77. The number of ketones is 1. The Morgan fingerprint density at radius 2 is 2.10 bits per heavy atom. The summed E-state index contributed by atoms with van der Waals surface area (Å²) in [7, 11) is 0. The molecule has 0 radical (unpaired) electrons. The number of thiophene rings is 1. The van der Waals surface area contributed by atoms with Crippen molar-refractivity contribution in [2.75, 3.05) is 5.32 Å². The number of anilines is 2. The van der Waals surface area contributed by atoms with Crippen LogP contribution in [0.4, 0.5) is 15.9 Å². The Balaban J connectivity index is 1.70. The lowest BCUT2D eigenvalue weighted by atomic mass is 9.98. The van der Waals surface area contributed by atoms with Gasteiger partial charge in [-0.05, 0) is 56.4 Å². The Kier molecular flexibility index (Phi) is 5.58. The van der Waals surface area contributed by atoms with Crippen molar-refractivity contribution in [3.63, 3.8) is 0 Å². The third kappa shape index (κ3) is 4.00. The van der Waals surface area contributed by atoms with Crippen molar-refractivity contribution >= 4 is 38.8 Å². The van der Waals surface area contributed by atoms with Gasteiger partial charge in [-0.15, -0.1) is 11.3 Å². The van der Waals surface area contributed by atoms with E-state index in [0.717, 1.165) is 36.6 Å². The monoisotopic (exact) mass is 411 g/mol. The van der Waals surface area contributed by atoms with Gasteiger partial charge in [0.2, 0.25) is 0 Å². The molecule has 0 spiro atoms. The Bertz CT molecular complexity index is 1070. The Labute approximate surface area is 172 Å². The predicted molar refractivity (Wildman–Crippen MR) is 114 cm³/mol. The molecule has 150 valence electrons. The number of fused-ring (bicyclic) bond motifs is 1. The average molecular weight is 412 g/mol. The third-order valence-electron chi connectivity index (χ3n) is 5.18. The third-order valence-corrected chi connectivity index (χ3v) is 6.39. The van der Waals surface area contributed by atoms with Crippen LogP contribution in [0.5, 0.6) is 5.75 Å². The number of halogens is 1. The number of rotatable bonds is 6. The van der Waals surface area contributed by atoms with Crippen molar-refractivity contribution in [3.05, 3.63) is 53.4 Å². The van der Waals surface area contributed by atoms with Gasteiger partial charge in [0.1, 0.15) is 28.5 Å². The van der Waals surface area contributed by atoms with Crippen molar-refractivity contribution in [1.82, 2.24) is 9.97 Å². The number of benzene rings is 1. The van der Waals surface area contributed by atoms with Crippen molar-refractivity contribution in [2.24, 2.45) is 0 Å². The molecule has 29 heavy (non-hydrogen) atoms. The lowest BCUT2D eigenvalue weighted by Gasteiger charge is -2.24. The number of nitrogens with zero attached hydrogens (tertiary/aromatic N) is 2. The molecule has 0 saturated heterocycles. The van der Waals surface area contributed by atoms with E-state index in [1.165, 1.54) is 42.3 Å². The SMILES string of the molecule is C=CC(=O)c1sc2ncnc(Nc3ccc(F)cc3OC3CCCCC3)c2c1C. The molecule has 0 amide bonds. The van der Waals surface area contributed by atoms with Crippen LogP contribution >= 0.6 is 11.3 Å². The minimum Gasteiger partial charge on any atom is -0.488 e. The van der Waals surface area contributed by atoms with Gasteiger partial charge in [-0.25, -0.2) is 14.4 Å². The minimum atomic E-state index is -0.347. The molecule has 0 bridgehead atoms. The molecule has 5 nitrogen and oxygen atoms in total. The molecule has 0 unspecified atom stereocenters. The highest BCUT2D eigenvalue weighted by atomic mass is 32.1. The molecule has 2 heterocycles. The van der Waals surface area contributed by atoms with Crippen molar-refractivity contribution < 1.29 is 13.9 Å². The zero-order valence-corrected chi connectivity index (χ0v) is 17.0. The first-order valence-electron chi connectivity index (χ1n) is 9.71. The highest BCUT2D eigenvalue weighted by Gasteiger charge is 2.20. The van der Waals surface area contributed by atoms with Gasteiger partial charge in [0.15, 0.2) is 5.78 Å². The molecule has 1 aromatic carbocycles. The molecule has 1 saturated carbocycles. The second kappa shape index (κ2) is 8.29. The van der Waals surface area contributed by atoms with Crippen LogP contribution in [-0.4, -0.2) is 21.9 Å². The molecule has 4 rings (SSSR count). The highest BCUT2D eigenvalue weighted by Crippen LogP contribution is 2.37. The maximum absolute atomic E-state index is 13.9. The quantitative estimate of drug-likeness (QED) is 0.400. The van der Waals surface area contributed by atoms with Crippen molar-refractivity contribution in [1.29, 1.82) is 0 Å². The van der Waals surface area contributed by atoms with Gasteiger partial charge in [0.05, 0.1) is 22.1 Å².